The highest BCUT2D eigenvalue weighted by Crippen LogP contribution is 2.02. The van der Waals surface area contributed by atoms with Crippen LogP contribution in [0.4, 0.5) is 0 Å². The van der Waals surface area contributed by atoms with E-state index in [1.165, 1.54) is 0 Å². The first-order valence-electron chi connectivity index (χ1n) is 8.49. The van der Waals surface area contributed by atoms with E-state index in [-0.39, 0.29) is 6.61 Å². The third kappa shape index (κ3) is 16.7. The van der Waals surface area contributed by atoms with E-state index in [0.29, 0.717) is 59.0 Å². The third-order valence-electron chi connectivity index (χ3n) is 3.27. The molecule has 2 atom stereocenters. The zero-order chi connectivity index (χ0) is 18.8. The van der Waals surface area contributed by atoms with Crippen molar-refractivity contribution in [1.29, 1.82) is 0 Å². The maximum absolute atomic E-state index is 10.8. The van der Waals surface area contributed by atoms with Crippen molar-refractivity contribution in [3.8, 4) is 0 Å². The van der Waals surface area contributed by atoms with Gasteiger partial charge in [-0.1, -0.05) is 19.2 Å². The highest BCUT2D eigenvalue weighted by molar-refractivity contribution is 7.78. The molecule has 0 spiro atoms. The molecule has 0 aromatic carbocycles. The molecule has 9 nitrogen and oxygen atoms in total. The van der Waals surface area contributed by atoms with Gasteiger partial charge in [-0.05, 0) is 19.4 Å². The minimum Gasteiger partial charge on any atom is -0.480 e. The average molecular weight is 384 g/mol. The molecule has 0 aliphatic carbocycles. The lowest BCUT2D eigenvalue weighted by Gasteiger charge is -2.14. The SMILES string of the molecule is O=C(O)C(CCCCNC(O)CCOCCOCCOCCO)NS. The molecule has 0 aromatic rings. The maximum Gasteiger partial charge on any atom is 0.321 e. The molecule has 0 radical (unpaired) electrons. The third-order valence-corrected chi connectivity index (χ3v) is 3.58. The molecule has 0 heterocycles. The molecule has 150 valence electrons. The van der Waals surface area contributed by atoms with E-state index in [2.05, 4.69) is 22.9 Å². The molecule has 10 heteroatoms. The van der Waals surface area contributed by atoms with Crippen LogP contribution in [0.15, 0.2) is 0 Å². The molecular weight excluding hydrogens is 352 g/mol. The van der Waals surface area contributed by atoms with Crippen LogP contribution in [-0.2, 0) is 19.0 Å². The molecule has 25 heavy (non-hydrogen) atoms. The molecule has 5 N–H and O–H groups in total. The Morgan fingerprint density at radius 2 is 1.56 bits per heavy atom. The summed E-state index contributed by atoms with van der Waals surface area (Å²) in [4.78, 5) is 10.8. The summed E-state index contributed by atoms with van der Waals surface area (Å²) in [5.74, 6) is -0.915. The van der Waals surface area contributed by atoms with E-state index in [4.69, 9.17) is 24.4 Å². The van der Waals surface area contributed by atoms with Gasteiger partial charge in [-0.15, -0.1) is 0 Å². The van der Waals surface area contributed by atoms with Crippen molar-refractivity contribution >= 4 is 18.8 Å². The van der Waals surface area contributed by atoms with Crippen molar-refractivity contribution in [1.82, 2.24) is 10.0 Å². The number of rotatable bonds is 19. The van der Waals surface area contributed by atoms with Crippen LogP contribution in [0.2, 0.25) is 0 Å². The van der Waals surface area contributed by atoms with E-state index >= 15 is 0 Å². The molecule has 0 fully saturated rings. The summed E-state index contributed by atoms with van der Waals surface area (Å²) in [6.45, 7) is 3.15. The van der Waals surface area contributed by atoms with Gasteiger partial charge in [0.05, 0.1) is 46.2 Å². The number of thiol groups is 1. The maximum atomic E-state index is 10.8. The van der Waals surface area contributed by atoms with Gasteiger partial charge in [-0.25, -0.2) is 0 Å². The van der Waals surface area contributed by atoms with E-state index < -0.39 is 18.2 Å². The van der Waals surface area contributed by atoms with Crippen LogP contribution in [0.25, 0.3) is 0 Å². The Hall–Kier alpha value is -0.460. The van der Waals surface area contributed by atoms with Crippen LogP contribution in [0.3, 0.4) is 0 Å². The minimum atomic E-state index is -0.915. The fraction of sp³-hybridized carbons (Fsp3) is 0.933. The number of carboxylic acid groups (broad SMARTS) is 1. The molecule has 0 saturated heterocycles. The smallest absolute Gasteiger partial charge is 0.321 e. The first-order valence-corrected chi connectivity index (χ1v) is 8.94. The summed E-state index contributed by atoms with van der Waals surface area (Å²) in [6, 6.07) is -0.648. The van der Waals surface area contributed by atoms with Gasteiger partial charge in [-0.3, -0.25) is 14.8 Å². The standard InChI is InChI=1S/C15H32N2O7S/c18-6-8-23-10-12-24-11-9-22-7-4-14(19)16-5-2-1-3-13(17-25)15(20)21/h13-14,16-19,25H,1-12H2,(H,20,21). The van der Waals surface area contributed by atoms with E-state index in [1.807, 2.05) is 0 Å². The molecule has 2 unspecified atom stereocenters. The molecule has 0 rings (SSSR count). The Labute approximate surface area is 154 Å². The van der Waals surface area contributed by atoms with Gasteiger partial charge >= 0.3 is 5.97 Å². The molecule has 0 amide bonds. The minimum absolute atomic E-state index is 0.00912. The number of carbonyl (C=O) groups is 1. The van der Waals surface area contributed by atoms with Gasteiger partial charge in [0.25, 0.3) is 0 Å². The topological polar surface area (TPSA) is 130 Å². The van der Waals surface area contributed by atoms with Gasteiger partial charge in [-0.2, -0.15) is 0 Å². The Bertz CT molecular complexity index is 314. The highest BCUT2D eigenvalue weighted by atomic mass is 32.1. The predicted octanol–water partition coefficient (Wildman–Crippen LogP) is -0.615. The molecule has 0 aliphatic heterocycles. The van der Waals surface area contributed by atoms with Crippen LogP contribution in [0.5, 0.6) is 0 Å². The summed E-state index contributed by atoms with van der Waals surface area (Å²) in [5, 5.41) is 30.0. The number of unbranched alkanes of at least 4 members (excludes halogenated alkanes) is 1. The number of aliphatic hydroxyl groups excluding tert-OH is 2. The Morgan fingerprint density at radius 3 is 2.12 bits per heavy atom. The zero-order valence-electron chi connectivity index (χ0n) is 14.6. The molecule has 0 bridgehead atoms. The zero-order valence-corrected chi connectivity index (χ0v) is 15.5. The van der Waals surface area contributed by atoms with Crippen LogP contribution in [0.1, 0.15) is 25.7 Å². The number of nitrogens with one attached hydrogen (secondary N) is 2. The largest absolute Gasteiger partial charge is 0.480 e. The van der Waals surface area contributed by atoms with E-state index in [1.54, 1.807) is 0 Å². The monoisotopic (exact) mass is 384 g/mol. The van der Waals surface area contributed by atoms with Crippen molar-refractivity contribution < 1.29 is 34.3 Å². The van der Waals surface area contributed by atoms with Crippen LogP contribution in [-0.4, -0.2) is 86.4 Å². The molecule has 0 aliphatic rings. The predicted molar refractivity (Wildman–Crippen MR) is 95.6 cm³/mol. The van der Waals surface area contributed by atoms with Crippen molar-refractivity contribution in [2.75, 3.05) is 52.8 Å². The molecule has 0 saturated carbocycles. The van der Waals surface area contributed by atoms with Crippen molar-refractivity contribution in [2.45, 2.75) is 38.0 Å². The summed E-state index contributed by atoms with van der Waals surface area (Å²) in [5.41, 5.74) is 0. The first kappa shape index (κ1) is 24.5. The fourth-order valence-electron chi connectivity index (χ4n) is 1.89. The van der Waals surface area contributed by atoms with Crippen molar-refractivity contribution in [2.24, 2.45) is 0 Å². The van der Waals surface area contributed by atoms with Crippen LogP contribution >= 0.6 is 12.8 Å². The van der Waals surface area contributed by atoms with Gasteiger partial charge < -0.3 is 29.5 Å². The Kier molecular flexibility index (Phi) is 18.0. The number of ether oxygens (including phenoxy) is 3. The van der Waals surface area contributed by atoms with Crippen LogP contribution < -0.4 is 10.0 Å². The van der Waals surface area contributed by atoms with E-state index in [0.717, 1.165) is 12.8 Å². The first-order chi connectivity index (χ1) is 12.1. The van der Waals surface area contributed by atoms with E-state index in [9.17, 15) is 9.90 Å². The second kappa shape index (κ2) is 18.3. The summed E-state index contributed by atoms with van der Waals surface area (Å²) < 4.78 is 18.1. The number of hydrogen-bond donors (Lipinski definition) is 6. The summed E-state index contributed by atoms with van der Waals surface area (Å²) >= 11 is 3.78. The summed E-state index contributed by atoms with van der Waals surface area (Å²) in [7, 11) is 0. The number of aliphatic carboxylic acids is 1. The Morgan fingerprint density at radius 1 is 0.960 bits per heavy atom. The number of carboxylic acids is 1. The average Bonchev–Trinajstić information content (AvgIpc) is 2.59. The highest BCUT2D eigenvalue weighted by Gasteiger charge is 2.14. The second-order valence-electron chi connectivity index (χ2n) is 5.34. The lowest BCUT2D eigenvalue weighted by Crippen LogP contribution is -2.32. The van der Waals surface area contributed by atoms with Gasteiger partial charge in [0, 0.05) is 6.42 Å². The van der Waals surface area contributed by atoms with Crippen LogP contribution in [0, 0.1) is 0 Å². The van der Waals surface area contributed by atoms with Gasteiger partial charge in [0.15, 0.2) is 0 Å². The fourth-order valence-corrected chi connectivity index (χ4v) is 2.13. The quantitative estimate of drug-likeness (QED) is 0.0981. The number of hydrogen-bond acceptors (Lipinski definition) is 9. The lowest BCUT2D eigenvalue weighted by atomic mass is 10.1. The molecule has 0 aromatic heterocycles. The molecular formula is C15H32N2O7S. The van der Waals surface area contributed by atoms with Gasteiger partial charge in [0.2, 0.25) is 0 Å². The van der Waals surface area contributed by atoms with Crippen molar-refractivity contribution in [3.63, 3.8) is 0 Å². The second-order valence-corrected chi connectivity index (χ2v) is 5.59. The Balaban J connectivity index is 3.31. The lowest BCUT2D eigenvalue weighted by molar-refractivity contribution is -0.139. The normalized spacial score (nSPS) is 13.7. The van der Waals surface area contributed by atoms with Crippen molar-refractivity contribution in [3.05, 3.63) is 0 Å². The number of aliphatic hydroxyl groups is 2. The summed E-state index contributed by atoms with van der Waals surface area (Å²) in [6.07, 6.45) is 1.80. The van der Waals surface area contributed by atoms with Gasteiger partial charge in [0.1, 0.15) is 12.3 Å².